The molecule has 0 bridgehead atoms. The number of aliphatic hydroxyl groups is 1. The maximum Gasteiger partial charge on any atom is 0.160 e. The molecule has 86 valence electrons. The van der Waals surface area contributed by atoms with Crippen LogP contribution in [0.3, 0.4) is 0 Å². The molecule has 1 unspecified atom stereocenters. The number of hydrogen-bond donors (Lipinski definition) is 2. The SMILES string of the molecule is CC(C)c1nc2c(C(N)CO)cccn2n1. The van der Waals surface area contributed by atoms with Gasteiger partial charge in [0.25, 0.3) is 0 Å². The summed E-state index contributed by atoms with van der Waals surface area (Å²) in [6, 6.07) is 3.32. The third kappa shape index (κ3) is 1.79. The van der Waals surface area contributed by atoms with Crippen LogP contribution in [-0.2, 0) is 0 Å². The number of aromatic nitrogens is 3. The second kappa shape index (κ2) is 4.19. The average Bonchev–Trinajstić information content (AvgIpc) is 2.71. The fourth-order valence-corrected chi connectivity index (χ4v) is 1.58. The smallest absolute Gasteiger partial charge is 0.160 e. The zero-order valence-electron chi connectivity index (χ0n) is 9.46. The van der Waals surface area contributed by atoms with Crippen LogP contribution in [0.4, 0.5) is 0 Å². The van der Waals surface area contributed by atoms with E-state index in [2.05, 4.69) is 10.1 Å². The first-order valence-corrected chi connectivity index (χ1v) is 5.35. The lowest BCUT2D eigenvalue weighted by Crippen LogP contribution is -2.15. The van der Waals surface area contributed by atoms with E-state index >= 15 is 0 Å². The quantitative estimate of drug-likeness (QED) is 0.803. The molecule has 0 saturated heterocycles. The fourth-order valence-electron chi connectivity index (χ4n) is 1.58. The Morgan fingerprint density at radius 2 is 2.25 bits per heavy atom. The van der Waals surface area contributed by atoms with Crippen molar-refractivity contribution in [3.8, 4) is 0 Å². The highest BCUT2D eigenvalue weighted by atomic mass is 16.3. The topological polar surface area (TPSA) is 76.4 Å². The normalized spacial score (nSPS) is 13.6. The van der Waals surface area contributed by atoms with Crippen LogP contribution in [0.25, 0.3) is 5.65 Å². The van der Waals surface area contributed by atoms with E-state index in [1.807, 2.05) is 32.2 Å². The van der Waals surface area contributed by atoms with E-state index < -0.39 is 6.04 Å². The molecule has 0 aromatic carbocycles. The van der Waals surface area contributed by atoms with Crippen molar-refractivity contribution in [2.75, 3.05) is 6.61 Å². The minimum absolute atomic E-state index is 0.0937. The highest BCUT2D eigenvalue weighted by Gasteiger charge is 2.14. The average molecular weight is 220 g/mol. The van der Waals surface area contributed by atoms with Gasteiger partial charge in [0.2, 0.25) is 0 Å². The molecule has 5 heteroatoms. The van der Waals surface area contributed by atoms with Gasteiger partial charge in [0, 0.05) is 17.7 Å². The monoisotopic (exact) mass is 220 g/mol. The number of nitrogens with two attached hydrogens (primary N) is 1. The molecule has 3 N–H and O–H groups in total. The summed E-state index contributed by atoms with van der Waals surface area (Å²) in [6.45, 7) is 3.99. The van der Waals surface area contributed by atoms with Crippen LogP contribution in [0, 0.1) is 0 Å². The van der Waals surface area contributed by atoms with Crippen molar-refractivity contribution in [2.24, 2.45) is 5.73 Å². The first-order valence-electron chi connectivity index (χ1n) is 5.35. The molecule has 2 aromatic rings. The molecule has 0 spiro atoms. The molecule has 0 amide bonds. The molecule has 0 radical (unpaired) electrons. The van der Waals surface area contributed by atoms with Crippen molar-refractivity contribution in [3.63, 3.8) is 0 Å². The third-order valence-electron chi connectivity index (χ3n) is 2.52. The highest BCUT2D eigenvalue weighted by molar-refractivity contribution is 5.48. The Hall–Kier alpha value is -1.46. The zero-order valence-corrected chi connectivity index (χ0v) is 9.46. The van der Waals surface area contributed by atoms with Gasteiger partial charge in [0.1, 0.15) is 0 Å². The molecule has 0 aliphatic rings. The highest BCUT2D eigenvalue weighted by Crippen LogP contribution is 2.18. The fraction of sp³-hybridized carbons (Fsp3) is 0.455. The number of aliphatic hydroxyl groups excluding tert-OH is 1. The van der Waals surface area contributed by atoms with E-state index in [0.29, 0.717) is 0 Å². The molecular formula is C11H16N4O. The lowest BCUT2D eigenvalue weighted by atomic mass is 10.1. The van der Waals surface area contributed by atoms with Crippen molar-refractivity contribution >= 4 is 5.65 Å². The van der Waals surface area contributed by atoms with E-state index in [0.717, 1.165) is 17.0 Å². The summed E-state index contributed by atoms with van der Waals surface area (Å²) < 4.78 is 1.71. The second-order valence-electron chi connectivity index (χ2n) is 4.15. The number of fused-ring (bicyclic) bond motifs is 1. The molecule has 2 aromatic heterocycles. The van der Waals surface area contributed by atoms with E-state index in [1.165, 1.54) is 0 Å². The Kier molecular flexibility index (Phi) is 2.89. The van der Waals surface area contributed by atoms with Crippen molar-refractivity contribution < 1.29 is 5.11 Å². The van der Waals surface area contributed by atoms with Crippen molar-refractivity contribution in [3.05, 3.63) is 29.7 Å². The molecule has 16 heavy (non-hydrogen) atoms. The lowest BCUT2D eigenvalue weighted by Gasteiger charge is -2.08. The van der Waals surface area contributed by atoms with Crippen LogP contribution in [0.5, 0.6) is 0 Å². The van der Waals surface area contributed by atoms with Gasteiger partial charge in [-0.05, 0) is 6.07 Å². The van der Waals surface area contributed by atoms with Crippen LogP contribution in [0.2, 0.25) is 0 Å². The van der Waals surface area contributed by atoms with Crippen LogP contribution in [0.15, 0.2) is 18.3 Å². The van der Waals surface area contributed by atoms with Gasteiger partial charge in [0.05, 0.1) is 12.6 Å². The standard InChI is InChI=1S/C11H16N4O/c1-7(2)10-13-11-8(9(12)6-16)4-3-5-15(11)14-10/h3-5,7,9,16H,6,12H2,1-2H3. The molecule has 2 rings (SSSR count). The molecule has 1 atom stereocenters. The predicted molar refractivity (Wildman–Crippen MR) is 61.1 cm³/mol. The van der Waals surface area contributed by atoms with Gasteiger partial charge >= 0.3 is 0 Å². The molecule has 0 saturated carbocycles. The van der Waals surface area contributed by atoms with Crippen LogP contribution in [-0.4, -0.2) is 26.3 Å². The molecule has 0 aliphatic carbocycles. The molecule has 0 aliphatic heterocycles. The first kappa shape index (κ1) is 11.0. The predicted octanol–water partition coefficient (Wildman–Crippen LogP) is 0.845. The van der Waals surface area contributed by atoms with Crippen LogP contribution in [0.1, 0.15) is 37.2 Å². The summed E-state index contributed by atoms with van der Waals surface area (Å²) in [5, 5.41) is 13.4. The largest absolute Gasteiger partial charge is 0.394 e. The molecule has 5 nitrogen and oxygen atoms in total. The maximum atomic E-state index is 9.08. The van der Waals surface area contributed by atoms with Crippen LogP contribution >= 0.6 is 0 Å². The van der Waals surface area contributed by atoms with Gasteiger partial charge in [-0.25, -0.2) is 9.50 Å². The van der Waals surface area contributed by atoms with Crippen molar-refractivity contribution in [2.45, 2.75) is 25.8 Å². The second-order valence-corrected chi connectivity index (χ2v) is 4.15. The molecule has 2 heterocycles. The Bertz CT molecular complexity index is 492. The number of hydrogen-bond acceptors (Lipinski definition) is 4. The number of rotatable bonds is 3. The number of nitrogens with zero attached hydrogens (tertiary/aromatic N) is 3. The summed E-state index contributed by atoms with van der Waals surface area (Å²) >= 11 is 0. The van der Waals surface area contributed by atoms with Crippen molar-refractivity contribution in [1.82, 2.24) is 14.6 Å². The number of pyridine rings is 1. The summed E-state index contributed by atoms with van der Waals surface area (Å²) in [5.74, 6) is 1.07. The third-order valence-corrected chi connectivity index (χ3v) is 2.52. The summed E-state index contributed by atoms with van der Waals surface area (Å²) in [6.07, 6.45) is 1.84. The van der Waals surface area contributed by atoms with Gasteiger partial charge in [-0.3, -0.25) is 0 Å². The van der Waals surface area contributed by atoms with E-state index in [9.17, 15) is 0 Å². The Morgan fingerprint density at radius 3 is 2.88 bits per heavy atom. The van der Waals surface area contributed by atoms with Gasteiger partial charge in [-0.1, -0.05) is 19.9 Å². The maximum absolute atomic E-state index is 9.08. The lowest BCUT2D eigenvalue weighted by molar-refractivity contribution is 0.268. The zero-order chi connectivity index (χ0) is 11.7. The van der Waals surface area contributed by atoms with Gasteiger partial charge < -0.3 is 10.8 Å². The molecule has 0 fully saturated rings. The van der Waals surface area contributed by atoms with Crippen LogP contribution < -0.4 is 5.73 Å². The Morgan fingerprint density at radius 1 is 1.50 bits per heavy atom. The van der Waals surface area contributed by atoms with Gasteiger partial charge in [-0.15, -0.1) is 0 Å². The summed E-state index contributed by atoms with van der Waals surface area (Å²) in [4.78, 5) is 4.44. The minimum atomic E-state index is -0.409. The first-order chi connectivity index (χ1) is 7.63. The molecular weight excluding hydrogens is 204 g/mol. The van der Waals surface area contributed by atoms with Gasteiger partial charge in [-0.2, -0.15) is 5.10 Å². The Labute approximate surface area is 93.9 Å². The van der Waals surface area contributed by atoms with E-state index in [4.69, 9.17) is 10.8 Å². The van der Waals surface area contributed by atoms with Crippen molar-refractivity contribution in [1.29, 1.82) is 0 Å². The summed E-state index contributed by atoms with van der Waals surface area (Å²) in [7, 11) is 0. The van der Waals surface area contributed by atoms with E-state index in [1.54, 1.807) is 4.52 Å². The minimum Gasteiger partial charge on any atom is -0.394 e. The summed E-state index contributed by atoms with van der Waals surface area (Å²) in [5.41, 5.74) is 7.37. The van der Waals surface area contributed by atoms with E-state index in [-0.39, 0.29) is 12.5 Å². The van der Waals surface area contributed by atoms with Gasteiger partial charge in [0.15, 0.2) is 11.5 Å². The Balaban J connectivity index is 2.58.